The van der Waals surface area contributed by atoms with Gasteiger partial charge in [0.25, 0.3) is 5.56 Å². The lowest BCUT2D eigenvalue weighted by Crippen LogP contribution is -2.24. The van der Waals surface area contributed by atoms with Crippen molar-refractivity contribution in [3.05, 3.63) is 92.6 Å². The van der Waals surface area contributed by atoms with Crippen LogP contribution in [0.5, 0.6) is 5.75 Å². The fourth-order valence-corrected chi connectivity index (χ4v) is 6.16. The number of pyridine rings is 3. The van der Waals surface area contributed by atoms with E-state index in [-0.39, 0.29) is 28.9 Å². The zero-order valence-electron chi connectivity index (χ0n) is 26.5. The predicted molar refractivity (Wildman–Crippen MR) is 173 cm³/mol. The van der Waals surface area contributed by atoms with Gasteiger partial charge in [0.1, 0.15) is 34.5 Å². The van der Waals surface area contributed by atoms with Crippen LogP contribution in [0.4, 0.5) is 8.78 Å². The van der Waals surface area contributed by atoms with E-state index in [0.29, 0.717) is 28.7 Å². The van der Waals surface area contributed by atoms with Crippen molar-refractivity contribution in [1.29, 1.82) is 0 Å². The molecule has 4 aromatic heterocycles. The number of aliphatic hydroxyl groups is 1. The Kier molecular flexibility index (Phi) is 10.8. The second kappa shape index (κ2) is 14.8. The number of halogens is 3. The molecule has 4 aromatic rings. The third kappa shape index (κ3) is 8.14. The number of hydrogen-bond acceptors (Lipinski definition) is 7. The third-order valence-electron chi connectivity index (χ3n) is 8.45. The first-order valence-corrected chi connectivity index (χ1v) is 16.3. The van der Waals surface area contributed by atoms with Crippen molar-refractivity contribution in [2.75, 3.05) is 0 Å². The summed E-state index contributed by atoms with van der Waals surface area (Å²) in [6, 6.07) is 5.88. The molecule has 1 aliphatic rings. The second-order valence-corrected chi connectivity index (χ2v) is 13.0. The summed E-state index contributed by atoms with van der Waals surface area (Å²) in [5.74, 6) is -0.886. The summed E-state index contributed by atoms with van der Waals surface area (Å²) in [4.78, 5) is 31.2. The topological polar surface area (TPSA) is 103 Å². The average molecular weight is 652 g/mol. The van der Waals surface area contributed by atoms with Crippen molar-refractivity contribution >= 4 is 11.6 Å². The molecule has 0 bridgehead atoms. The summed E-state index contributed by atoms with van der Waals surface area (Å²) in [6.45, 7) is 4.66. The second-order valence-electron chi connectivity index (χ2n) is 12.6. The molecule has 4 heterocycles. The fraction of sp³-hybridized carbons (Fsp3) is 0.457. The summed E-state index contributed by atoms with van der Waals surface area (Å²) < 4.78 is 34.8. The highest BCUT2D eigenvalue weighted by molar-refractivity contribution is 6.31. The molecule has 11 heteroatoms. The van der Waals surface area contributed by atoms with Gasteiger partial charge >= 0.3 is 0 Å². The van der Waals surface area contributed by atoms with Gasteiger partial charge in [0.05, 0.1) is 23.3 Å². The molecule has 0 aromatic carbocycles. The van der Waals surface area contributed by atoms with Gasteiger partial charge < -0.3 is 9.84 Å². The van der Waals surface area contributed by atoms with Crippen molar-refractivity contribution in [3.63, 3.8) is 0 Å². The van der Waals surface area contributed by atoms with Crippen molar-refractivity contribution in [1.82, 2.24) is 24.5 Å². The van der Waals surface area contributed by atoms with E-state index < -0.39 is 22.8 Å². The van der Waals surface area contributed by atoms with E-state index >= 15 is 0 Å². The van der Waals surface area contributed by atoms with Crippen LogP contribution in [0.15, 0.2) is 47.7 Å². The van der Waals surface area contributed by atoms with Crippen LogP contribution in [-0.4, -0.2) is 29.6 Å². The molecule has 1 saturated carbocycles. The molecule has 1 fully saturated rings. The van der Waals surface area contributed by atoms with Gasteiger partial charge in [0.15, 0.2) is 11.6 Å². The molecular formula is C35H40ClF2N5O3. The zero-order valence-corrected chi connectivity index (χ0v) is 27.3. The van der Waals surface area contributed by atoms with Crippen LogP contribution >= 0.6 is 11.6 Å². The van der Waals surface area contributed by atoms with Gasteiger partial charge in [-0.05, 0) is 50.8 Å². The third-order valence-corrected chi connectivity index (χ3v) is 8.80. The molecule has 0 saturated heterocycles. The molecule has 5 rings (SSSR count). The first kappa shape index (κ1) is 33.6. The lowest BCUT2D eigenvalue weighted by atomic mass is 9.87. The number of nitrogens with zero attached hydrogens (tertiary/aromatic N) is 5. The quantitative estimate of drug-likeness (QED) is 0.207. The predicted octanol–water partition coefficient (Wildman–Crippen LogP) is 7.81. The van der Waals surface area contributed by atoms with E-state index in [1.165, 1.54) is 44.9 Å². The van der Waals surface area contributed by atoms with Crippen LogP contribution in [0.2, 0.25) is 5.02 Å². The molecule has 244 valence electrons. The lowest BCUT2D eigenvalue weighted by Gasteiger charge is -2.22. The largest absolute Gasteiger partial charge is 0.485 e. The maximum absolute atomic E-state index is 14.2. The summed E-state index contributed by atoms with van der Waals surface area (Å²) in [5, 5.41) is 10.3. The van der Waals surface area contributed by atoms with Crippen LogP contribution in [0.1, 0.15) is 94.4 Å². The Hall–Kier alpha value is -3.76. The number of hydrogen-bond donors (Lipinski definition) is 1. The minimum absolute atomic E-state index is 0.0692. The number of aromatic nitrogens is 5. The number of ether oxygens (including phenoxy) is 1. The lowest BCUT2D eigenvalue weighted by molar-refractivity contribution is 0.0688. The van der Waals surface area contributed by atoms with Crippen LogP contribution in [-0.2, 0) is 18.6 Å². The molecule has 1 N–H and O–H groups in total. The van der Waals surface area contributed by atoms with Crippen LogP contribution in [0.3, 0.4) is 0 Å². The Morgan fingerprint density at radius 3 is 2.35 bits per heavy atom. The molecular weight excluding hydrogens is 612 g/mol. The summed E-state index contributed by atoms with van der Waals surface area (Å²) in [5.41, 5.74) is 1.23. The van der Waals surface area contributed by atoms with Crippen molar-refractivity contribution in [2.45, 2.75) is 97.2 Å². The van der Waals surface area contributed by atoms with Gasteiger partial charge in [-0.2, -0.15) is 0 Å². The zero-order chi connectivity index (χ0) is 32.8. The molecule has 0 radical (unpaired) electrons. The Bertz CT molecular complexity index is 1730. The SMILES string of the molecule is Cc1cc(OCc2ncc(F)cc2F)c(Cl)c(=O)n1-c1cc(-c2ccnc(C(C)(C)O)n2)ncc1CC1CCCCCCCCC1. The van der Waals surface area contributed by atoms with Crippen molar-refractivity contribution < 1.29 is 18.6 Å². The summed E-state index contributed by atoms with van der Waals surface area (Å²) >= 11 is 6.60. The maximum atomic E-state index is 14.2. The highest BCUT2D eigenvalue weighted by Gasteiger charge is 2.23. The molecule has 1 aliphatic carbocycles. The smallest absolute Gasteiger partial charge is 0.277 e. The molecule has 0 unspecified atom stereocenters. The van der Waals surface area contributed by atoms with E-state index in [9.17, 15) is 18.7 Å². The molecule has 0 aliphatic heterocycles. The maximum Gasteiger partial charge on any atom is 0.277 e. The Balaban J connectivity index is 1.55. The highest BCUT2D eigenvalue weighted by Crippen LogP contribution is 2.31. The van der Waals surface area contributed by atoms with Gasteiger partial charge in [-0.3, -0.25) is 19.3 Å². The van der Waals surface area contributed by atoms with Crippen LogP contribution in [0.25, 0.3) is 17.1 Å². The van der Waals surface area contributed by atoms with Crippen molar-refractivity contribution in [2.24, 2.45) is 5.92 Å². The monoisotopic (exact) mass is 651 g/mol. The Morgan fingerprint density at radius 1 is 0.978 bits per heavy atom. The standard InChI is InChI=1S/C35H40ClF2N5O3/c1-22-15-31(46-21-29-26(38)17-25(37)20-41-29)32(36)33(44)43(22)30-18-28(27-13-14-39-34(42-27)35(2,3)45)40-19-24(30)16-23-11-9-7-5-4-6-8-10-12-23/h13-15,17-20,23,45H,4-12,16,21H2,1-3H3. The molecule has 46 heavy (non-hydrogen) atoms. The number of rotatable bonds is 8. The van der Waals surface area contributed by atoms with E-state index in [0.717, 1.165) is 37.1 Å². The van der Waals surface area contributed by atoms with E-state index in [2.05, 4.69) is 15.0 Å². The molecule has 8 nitrogen and oxygen atoms in total. The normalized spacial score (nSPS) is 15.1. The molecule has 0 atom stereocenters. The van der Waals surface area contributed by atoms with Crippen LogP contribution < -0.4 is 10.3 Å². The van der Waals surface area contributed by atoms with Gasteiger partial charge in [-0.25, -0.2) is 18.7 Å². The summed E-state index contributed by atoms with van der Waals surface area (Å²) in [6.07, 6.45) is 15.9. The average Bonchev–Trinajstić information content (AvgIpc) is 3.02. The highest BCUT2D eigenvalue weighted by atomic mass is 35.5. The van der Waals surface area contributed by atoms with Gasteiger partial charge in [-0.15, -0.1) is 0 Å². The van der Waals surface area contributed by atoms with E-state index in [4.69, 9.17) is 21.3 Å². The van der Waals surface area contributed by atoms with Gasteiger partial charge in [0, 0.05) is 30.2 Å². The minimum atomic E-state index is -1.25. The number of aryl methyl sites for hydroxylation is 1. The first-order valence-electron chi connectivity index (χ1n) is 15.9. The Morgan fingerprint density at radius 2 is 1.67 bits per heavy atom. The minimum Gasteiger partial charge on any atom is -0.485 e. The molecule has 0 spiro atoms. The first-order chi connectivity index (χ1) is 22.0. The van der Waals surface area contributed by atoms with Crippen LogP contribution in [0, 0.1) is 24.5 Å². The molecule has 0 amide bonds. The fourth-order valence-electron chi connectivity index (χ4n) is 5.97. The summed E-state index contributed by atoms with van der Waals surface area (Å²) in [7, 11) is 0. The van der Waals surface area contributed by atoms with E-state index in [1.807, 2.05) is 12.3 Å². The van der Waals surface area contributed by atoms with E-state index in [1.54, 1.807) is 43.7 Å². The van der Waals surface area contributed by atoms with Gasteiger partial charge in [-0.1, -0.05) is 69.4 Å². The van der Waals surface area contributed by atoms with Crippen molar-refractivity contribution in [3.8, 4) is 22.8 Å². The van der Waals surface area contributed by atoms with Gasteiger partial charge in [0.2, 0.25) is 0 Å². The Labute approximate surface area is 272 Å².